The molecule has 1 aliphatic heterocycles. The molecule has 1 saturated heterocycles. The van der Waals surface area contributed by atoms with Crippen molar-refractivity contribution in [3.8, 4) is 16.9 Å². The lowest BCUT2D eigenvalue weighted by Crippen LogP contribution is -2.43. The third-order valence-corrected chi connectivity index (χ3v) is 6.44. The zero-order chi connectivity index (χ0) is 24.1. The fraction of sp³-hybridized carbons (Fsp3) is 0.385. The molecule has 8 heteroatoms. The Bertz CT molecular complexity index is 1080. The van der Waals surface area contributed by atoms with Crippen molar-refractivity contribution in [3.63, 3.8) is 0 Å². The van der Waals surface area contributed by atoms with Crippen LogP contribution >= 0.6 is 0 Å². The second-order valence-electron chi connectivity index (χ2n) is 8.80. The highest BCUT2D eigenvalue weighted by molar-refractivity contribution is 5.78. The van der Waals surface area contributed by atoms with Gasteiger partial charge in [-0.2, -0.15) is 0 Å². The lowest BCUT2D eigenvalue weighted by atomic mass is 10.0. The summed E-state index contributed by atoms with van der Waals surface area (Å²) in [5.41, 5.74) is 3.62. The Labute approximate surface area is 199 Å². The molecule has 1 amide bonds. The Balaban J connectivity index is 1.50. The van der Waals surface area contributed by atoms with Crippen LogP contribution in [0.1, 0.15) is 24.2 Å². The Morgan fingerprint density at radius 2 is 1.82 bits per heavy atom. The number of carbonyl (C=O) groups excluding carboxylic acids is 1. The summed E-state index contributed by atoms with van der Waals surface area (Å²) in [7, 11) is 3.86. The predicted molar refractivity (Wildman–Crippen MR) is 128 cm³/mol. The standard InChI is InChI=1S/C26H31FN4O3/c1-19(24-10-15-34-28-24)30(3)26(32)18-33-25-9-6-21(20-4-7-23(27)8-5-20)16-22(25)17-31-13-11-29(2)12-14-31/h4-10,15-16,19H,11-14,17-18H2,1-3H3/t19-/m1/s1. The zero-order valence-corrected chi connectivity index (χ0v) is 19.9. The van der Waals surface area contributed by atoms with Crippen LogP contribution in [-0.2, 0) is 11.3 Å². The number of hydrogen-bond donors (Lipinski definition) is 0. The van der Waals surface area contributed by atoms with E-state index in [4.69, 9.17) is 9.26 Å². The van der Waals surface area contributed by atoms with E-state index in [0.717, 1.165) is 49.4 Å². The number of ether oxygens (including phenoxy) is 1. The first-order chi connectivity index (χ1) is 16.4. The smallest absolute Gasteiger partial charge is 0.260 e. The summed E-state index contributed by atoms with van der Waals surface area (Å²) in [4.78, 5) is 19.1. The summed E-state index contributed by atoms with van der Waals surface area (Å²) < 4.78 is 24.3. The van der Waals surface area contributed by atoms with Crippen LogP contribution in [0, 0.1) is 5.82 Å². The number of nitrogens with zero attached hydrogens (tertiary/aromatic N) is 4. The first-order valence-electron chi connectivity index (χ1n) is 11.5. The van der Waals surface area contributed by atoms with Gasteiger partial charge in [0.1, 0.15) is 23.5 Å². The van der Waals surface area contributed by atoms with E-state index in [1.54, 1.807) is 30.1 Å². The van der Waals surface area contributed by atoms with Crippen molar-refractivity contribution in [2.75, 3.05) is 46.9 Å². The maximum Gasteiger partial charge on any atom is 0.260 e. The van der Waals surface area contributed by atoms with Crippen molar-refractivity contribution in [1.82, 2.24) is 19.9 Å². The second kappa shape index (κ2) is 10.8. The number of carbonyl (C=O) groups is 1. The van der Waals surface area contributed by atoms with Crippen molar-refractivity contribution in [2.24, 2.45) is 0 Å². The van der Waals surface area contributed by atoms with Crippen molar-refractivity contribution in [2.45, 2.75) is 19.5 Å². The summed E-state index contributed by atoms with van der Waals surface area (Å²) >= 11 is 0. The van der Waals surface area contributed by atoms with E-state index in [1.807, 2.05) is 19.1 Å². The molecule has 4 rings (SSSR count). The molecule has 7 nitrogen and oxygen atoms in total. The third kappa shape index (κ3) is 5.81. The number of piperazine rings is 1. The SMILES string of the molecule is C[C@H](c1ccon1)N(C)C(=O)COc1ccc(-c2ccc(F)cc2)cc1CN1CCN(C)CC1. The maximum absolute atomic E-state index is 13.4. The topological polar surface area (TPSA) is 62.1 Å². The Morgan fingerprint density at radius 1 is 1.12 bits per heavy atom. The highest BCUT2D eigenvalue weighted by Crippen LogP contribution is 2.29. The molecular weight excluding hydrogens is 435 g/mol. The molecule has 0 spiro atoms. The number of aromatic nitrogens is 1. The van der Waals surface area contributed by atoms with Gasteiger partial charge in [0.15, 0.2) is 6.61 Å². The Kier molecular flexibility index (Phi) is 7.59. The van der Waals surface area contributed by atoms with E-state index in [2.05, 4.69) is 28.1 Å². The molecule has 0 aliphatic carbocycles. The molecule has 0 N–H and O–H groups in total. The normalized spacial score (nSPS) is 15.8. The van der Waals surface area contributed by atoms with E-state index < -0.39 is 0 Å². The summed E-state index contributed by atoms with van der Waals surface area (Å²) in [6.07, 6.45) is 1.49. The maximum atomic E-state index is 13.4. The van der Waals surface area contributed by atoms with Gasteiger partial charge in [0.05, 0.1) is 6.04 Å². The average molecular weight is 467 g/mol. The van der Waals surface area contributed by atoms with Crippen molar-refractivity contribution < 1.29 is 18.4 Å². The van der Waals surface area contributed by atoms with Crippen LogP contribution in [0.4, 0.5) is 4.39 Å². The average Bonchev–Trinajstić information content (AvgIpc) is 3.39. The second-order valence-corrected chi connectivity index (χ2v) is 8.80. The van der Waals surface area contributed by atoms with Gasteiger partial charge in [0, 0.05) is 51.4 Å². The van der Waals surface area contributed by atoms with Crippen LogP contribution in [0.15, 0.2) is 59.3 Å². The minimum atomic E-state index is -0.260. The van der Waals surface area contributed by atoms with Crippen LogP contribution < -0.4 is 4.74 Å². The molecule has 1 fully saturated rings. The molecule has 0 radical (unpaired) electrons. The Hall–Kier alpha value is -3.23. The first kappa shape index (κ1) is 23.9. The molecule has 1 aliphatic rings. The van der Waals surface area contributed by atoms with Crippen LogP contribution in [-0.4, -0.2) is 72.6 Å². The fourth-order valence-electron chi connectivity index (χ4n) is 4.01. The molecule has 1 atom stereocenters. The predicted octanol–water partition coefficient (Wildman–Crippen LogP) is 3.83. The van der Waals surface area contributed by atoms with Gasteiger partial charge in [-0.25, -0.2) is 4.39 Å². The molecule has 1 aromatic heterocycles. The molecule has 2 heterocycles. The zero-order valence-electron chi connectivity index (χ0n) is 19.9. The molecule has 0 unspecified atom stereocenters. The number of amides is 1. The highest BCUT2D eigenvalue weighted by Gasteiger charge is 2.21. The monoisotopic (exact) mass is 466 g/mol. The molecule has 2 aromatic carbocycles. The van der Waals surface area contributed by atoms with Crippen molar-refractivity contribution in [1.29, 1.82) is 0 Å². The molecule has 0 saturated carbocycles. The number of halogens is 1. The summed E-state index contributed by atoms with van der Waals surface area (Å²) in [5, 5.41) is 3.92. The van der Waals surface area contributed by atoms with Crippen molar-refractivity contribution >= 4 is 5.91 Å². The minimum Gasteiger partial charge on any atom is -0.483 e. The molecular formula is C26H31FN4O3. The number of rotatable bonds is 8. The van der Waals surface area contributed by atoms with E-state index in [9.17, 15) is 9.18 Å². The lowest BCUT2D eigenvalue weighted by Gasteiger charge is -2.32. The van der Waals surface area contributed by atoms with Crippen LogP contribution in [0.2, 0.25) is 0 Å². The van der Waals surface area contributed by atoms with Gasteiger partial charge in [-0.1, -0.05) is 23.4 Å². The molecule has 180 valence electrons. The summed E-state index contributed by atoms with van der Waals surface area (Å²) in [6.45, 7) is 6.49. The summed E-state index contributed by atoms with van der Waals surface area (Å²) in [5.74, 6) is 0.271. The number of likely N-dealkylation sites (N-methyl/N-ethyl adjacent to an activating group) is 2. The van der Waals surface area contributed by atoms with Gasteiger partial charge in [-0.15, -0.1) is 0 Å². The van der Waals surface area contributed by atoms with Gasteiger partial charge in [-0.05, 0) is 49.4 Å². The molecule has 3 aromatic rings. The van der Waals surface area contributed by atoms with Gasteiger partial charge in [-0.3, -0.25) is 9.69 Å². The van der Waals surface area contributed by atoms with Crippen molar-refractivity contribution in [3.05, 3.63) is 71.9 Å². The molecule has 0 bridgehead atoms. The van der Waals surface area contributed by atoms with Gasteiger partial charge >= 0.3 is 0 Å². The van der Waals surface area contributed by atoms with E-state index in [1.165, 1.54) is 18.4 Å². The Morgan fingerprint density at radius 3 is 2.50 bits per heavy atom. The summed E-state index contributed by atoms with van der Waals surface area (Å²) in [6, 6.07) is 13.9. The largest absolute Gasteiger partial charge is 0.483 e. The third-order valence-electron chi connectivity index (χ3n) is 6.44. The highest BCUT2D eigenvalue weighted by atomic mass is 19.1. The number of benzene rings is 2. The quantitative estimate of drug-likeness (QED) is 0.503. The van der Waals surface area contributed by atoms with Crippen LogP contribution in [0.3, 0.4) is 0 Å². The van der Waals surface area contributed by atoms with Crippen LogP contribution in [0.5, 0.6) is 5.75 Å². The first-order valence-corrected chi connectivity index (χ1v) is 11.5. The van der Waals surface area contributed by atoms with E-state index >= 15 is 0 Å². The minimum absolute atomic E-state index is 0.0790. The van der Waals surface area contributed by atoms with Gasteiger partial charge in [0.25, 0.3) is 5.91 Å². The number of hydrogen-bond acceptors (Lipinski definition) is 6. The van der Waals surface area contributed by atoms with Crippen LogP contribution in [0.25, 0.3) is 11.1 Å². The van der Waals surface area contributed by atoms with E-state index in [0.29, 0.717) is 11.4 Å². The lowest BCUT2D eigenvalue weighted by molar-refractivity contribution is -0.134. The van der Waals surface area contributed by atoms with E-state index in [-0.39, 0.29) is 24.4 Å². The van der Waals surface area contributed by atoms with Gasteiger partial charge < -0.3 is 19.1 Å². The molecule has 34 heavy (non-hydrogen) atoms. The fourth-order valence-corrected chi connectivity index (χ4v) is 4.01. The van der Waals surface area contributed by atoms with Gasteiger partial charge in [0.2, 0.25) is 0 Å².